The van der Waals surface area contributed by atoms with Gasteiger partial charge in [-0.3, -0.25) is 4.79 Å². The fraction of sp³-hybridized carbons (Fsp3) is 0.955. The Hall–Kier alpha value is -0.890. The molecule has 6 N–H and O–H groups in total. The summed E-state index contributed by atoms with van der Waals surface area (Å²) in [5.74, 6) is -1.21. The van der Waals surface area contributed by atoms with Gasteiger partial charge in [-0.2, -0.15) is 0 Å². The van der Waals surface area contributed by atoms with Crippen LogP contribution in [0.15, 0.2) is 0 Å². The maximum absolute atomic E-state index is 12.6. The Morgan fingerprint density at radius 2 is 1.73 bits per heavy atom. The van der Waals surface area contributed by atoms with Crippen molar-refractivity contribution >= 4 is 5.91 Å². The quantitative estimate of drug-likeness (QED) is 0.216. The molecule has 33 heavy (non-hydrogen) atoms. The minimum Gasteiger partial charge on any atom is -0.396 e. The van der Waals surface area contributed by atoms with Gasteiger partial charge in [0.25, 0.3) is 0 Å². The van der Waals surface area contributed by atoms with E-state index in [9.17, 15) is 35.4 Å². The van der Waals surface area contributed by atoms with Gasteiger partial charge in [-0.1, -0.05) is 13.8 Å². The molecule has 1 amide bonds. The van der Waals surface area contributed by atoms with Gasteiger partial charge in [-0.05, 0) is 24.2 Å². The van der Waals surface area contributed by atoms with Gasteiger partial charge < -0.3 is 49.7 Å². The zero-order chi connectivity index (χ0) is 24.3. The van der Waals surface area contributed by atoms with Crippen LogP contribution < -0.4 is 0 Å². The van der Waals surface area contributed by atoms with Gasteiger partial charge in [0.1, 0.15) is 24.4 Å². The number of likely N-dealkylation sites (tertiary alicyclic amines) is 1. The molecular formula is C22H39NO10. The van der Waals surface area contributed by atoms with Crippen LogP contribution in [0.3, 0.4) is 0 Å². The minimum atomic E-state index is -1.50. The molecule has 9 unspecified atom stereocenters. The van der Waals surface area contributed by atoms with Gasteiger partial charge >= 0.3 is 0 Å². The number of carbonyl (C=O) groups is 1. The van der Waals surface area contributed by atoms with E-state index in [0.717, 1.165) is 6.42 Å². The first kappa shape index (κ1) is 26.7. The molecule has 11 nitrogen and oxygen atoms in total. The van der Waals surface area contributed by atoms with Crippen LogP contribution in [0.2, 0.25) is 0 Å². The largest absolute Gasteiger partial charge is 0.396 e. The Bertz CT molecular complexity index is 634. The van der Waals surface area contributed by atoms with Crippen molar-refractivity contribution in [1.29, 1.82) is 0 Å². The zero-order valence-corrected chi connectivity index (χ0v) is 19.3. The third-order valence-electron chi connectivity index (χ3n) is 7.12. The van der Waals surface area contributed by atoms with E-state index in [0.29, 0.717) is 18.9 Å². The summed E-state index contributed by atoms with van der Waals surface area (Å²) in [5.41, 5.74) is 0. The first-order chi connectivity index (χ1) is 15.7. The van der Waals surface area contributed by atoms with Crippen molar-refractivity contribution in [3.8, 4) is 0 Å². The van der Waals surface area contributed by atoms with Crippen LogP contribution in [0.25, 0.3) is 0 Å². The highest BCUT2D eigenvalue weighted by Crippen LogP contribution is 2.36. The smallest absolute Gasteiger partial charge is 0.225 e. The molecule has 0 radical (unpaired) electrons. The number of carbonyl (C=O) groups excluding carboxylic acids is 1. The van der Waals surface area contributed by atoms with Gasteiger partial charge in [0.05, 0.1) is 19.8 Å². The van der Waals surface area contributed by atoms with Crippen molar-refractivity contribution in [3.05, 3.63) is 0 Å². The topological polar surface area (TPSA) is 169 Å². The van der Waals surface area contributed by atoms with Gasteiger partial charge in [-0.15, -0.1) is 0 Å². The lowest BCUT2D eigenvalue weighted by atomic mass is 9.80. The number of hydrogen-bond donors (Lipinski definition) is 6. The summed E-state index contributed by atoms with van der Waals surface area (Å²) in [7, 11) is 0. The Morgan fingerprint density at radius 1 is 1.03 bits per heavy atom. The maximum atomic E-state index is 12.6. The average Bonchev–Trinajstić information content (AvgIpc) is 3.15. The molecule has 3 heterocycles. The normalized spacial score (nSPS) is 42.3. The molecule has 0 bridgehead atoms. The van der Waals surface area contributed by atoms with Crippen molar-refractivity contribution in [2.75, 3.05) is 39.6 Å². The third-order valence-corrected chi connectivity index (χ3v) is 7.12. The molecule has 10 atom stereocenters. The highest BCUT2D eigenvalue weighted by molar-refractivity contribution is 5.79. The van der Waals surface area contributed by atoms with E-state index in [1.165, 1.54) is 4.90 Å². The monoisotopic (exact) mass is 477 g/mol. The highest BCUT2D eigenvalue weighted by atomic mass is 16.7. The standard InChI is InChI=1S/C22H39NO10/c1-11(2)3-12-4-17(28)23(5-12)21-19(30)18(29)20(16(9-27)32-21)33-22-15(8-26)14(7-25)13(6-24)10-31-22/h11-16,18-22,24-27,29-30H,3-10H2,1-2H3/t12-,13?,14?,15?,16?,18?,19?,20?,21?,22?/m0/s1. The second-order valence-electron chi connectivity index (χ2n) is 9.91. The Morgan fingerprint density at radius 3 is 2.30 bits per heavy atom. The van der Waals surface area contributed by atoms with Gasteiger partial charge in [0.2, 0.25) is 5.91 Å². The van der Waals surface area contributed by atoms with Crippen LogP contribution in [-0.2, 0) is 19.0 Å². The SMILES string of the molecule is CC(C)C[C@H]1CC(=O)N(C2OC(CO)C(OC3OCC(CO)C(CO)C3CO)C(O)C2O)C1. The molecule has 3 fully saturated rings. The lowest BCUT2D eigenvalue weighted by molar-refractivity contribution is -0.322. The molecule has 192 valence electrons. The maximum Gasteiger partial charge on any atom is 0.225 e. The number of hydrogen-bond acceptors (Lipinski definition) is 10. The second kappa shape index (κ2) is 11.7. The molecule has 3 saturated heterocycles. The lowest BCUT2D eigenvalue weighted by Gasteiger charge is -2.48. The summed E-state index contributed by atoms with van der Waals surface area (Å²) in [4.78, 5) is 14.0. The summed E-state index contributed by atoms with van der Waals surface area (Å²) in [6.45, 7) is 3.14. The Kier molecular flexibility index (Phi) is 9.47. The van der Waals surface area contributed by atoms with Crippen molar-refractivity contribution < 1.29 is 49.6 Å². The van der Waals surface area contributed by atoms with E-state index in [-0.39, 0.29) is 37.6 Å². The highest BCUT2D eigenvalue weighted by Gasteiger charge is 2.52. The summed E-state index contributed by atoms with van der Waals surface area (Å²) in [6, 6.07) is 0. The third kappa shape index (κ3) is 5.68. The molecule has 0 aliphatic carbocycles. The number of nitrogens with zero attached hydrogens (tertiary/aromatic N) is 1. The number of aliphatic hydroxyl groups excluding tert-OH is 6. The summed E-state index contributed by atoms with van der Waals surface area (Å²) in [6.07, 6.45) is -6.21. The van der Waals surface area contributed by atoms with Gasteiger partial charge in [0, 0.05) is 38.0 Å². The van der Waals surface area contributed by atoms with Crippen LogP contribution in [0.1, 0.15) is 26.7 Å². The summed E-state index contributed by atoms with van der Waals surface area (Å²) in [5, 5.41) is 60.7. The molecule has 0 spiro atoms. The number of amides is 1. The predicted octanol–water partition coefficient (Wildman–Crippen LogP) is -2.11. The molecule has 3 rings (SSSR count). The van der Waals surface area contributed by atoms with Crippen LogP contribution in [0, 0.1) is 29.6 Å². The first-order valence-corrected chi connectivity index (χ1v) is 11.8. The van der Waals surface area contributed by atoms with Crippen molar-refractivity contribution in [3.63, 3.8) is 0 Å². The van der Waals surface area contributed by atoms with E-state index in [4.69, 9.17) is 14.2 Å². The van der Waals surface area contributed by atoms with E-state index in [2.05, 4.69) is 13.8 Å². The fourth-order valence-corrected chi connectivity index (χ4v) is 5.38. The second-order valence-corrected chi connectivity index (χ2v) is 9.91. The molecule has 0 aromatic carbocycles. The fourth-order valence-electron chi connectivity index (χ4n) is 5.38. The van der Waals surface area contributed by atoms with E-state index in [1.807, 2.05) is 0 Å². The van der Waals surface area contributed by atoms with E-state index >= 15 is 0 Å². The number of ether oxygens (including phenoxy) is 3. The first-order valence-electron chi connectivity index (χ1n) is 11.8. The zero-order valence-electron chi connectivity index (χ0n) is 19.3. The average molecular weight is 478 g/mol. The minimum absolute atomic E-state index is 0.0705. The van der Waals surface area contributed by atoms with Crippen molar-refractivity contribution in [2.45, 2.75) is 63.6 Å². The number of rotatable bonds is 9. The van der Waals surface area contributed by atoms with Crippen molar-refractivity contribution in [1.82, 2.24) is 4.90 Å². The number of aliphatic hydroxyl groups is 6. The molecule has 0 saturated carbocycles. The van der Waals surface area contributed by atoms with Gasteiger partial charge in [0.15, 0.2) is 12.5 Å². The summed E-state index contributed by atoms with van der Waals surface area (Å²) >= 11 is 0. The molecule has 0 aromatic rings. The van der Waals surface area contributed by atoms with Crippen LogP contribution >= 0.6 is 0 Å². The molecule has 3 aliphatic rings. The molecule has 3 aliphatic heterocycles. The predicted molar refractivity (Wildman–Crippen MR) is 113 cm³/mol. The van der Waals surface area contributed by atoms with Crippen LogP contribution in [0.5, 0.6) is 0 Å². The Labute approximate surface area is 193 Å². The summed E-state index contributed by atoms with van der Waals surface area (Å²) < 4.78 is 17.4. The lowest BCUT2D eigenvalue weighted by Crippen LogP contribution is -2.65. The molecule has 0 aromatic heterocycles. The van der Waals surface area contributed by atoms with Crippen LogP contribution in [0.4, 0.5) is 0 Å². The van der Waals surface area contributed by atoms with Gasteiger partial charge in [-0.25, -0.2) is 0 Å². The molecule has 11 heteroatoms. The Balaban J connectivity index is 1.71. The van der Waals surface area contributed by atoms with Crippen LogP contribution in [-0.4, -0.2) is 118 Å². The van der Waals surface area contributed by atoms with E-state index < -0.39 is 62.0 Å². The van der Waals surface area contributed by atoms with Crippen molar-refractivity contribution in [2.24, 2.45) is 29.6 Å². The molecular weight excluding hydrogens is 438 g/mol. The van der Waals surface area contributed by atoms with E-state index in [1.54, 1.807) is 0 Å².